The molecular formula is C23H40O. The summed E-state index contributed by atoms with van der Waals surface area (Å²) in [4.78, 5) is 0. The lowest BCUT2D eigenvalue weighted by molar-refractivity contribution is 0.119. The second-order valence-electron chi connectivity index (χ2n) is 6.44. The molecule has 2 atom stereocenters. The van der Waals surface area contributed by atoms with E-state index in [0.717, 1.165) is 12.8 Å². The van der Waals surface area contributed by atoms with E-state index >= 15 is 0 Å². The van der Waals surface area contributed by atoms with Crippen LogP contribution in [0, 0.1) is 5.92 Å². The molecule has 0 aliphatic heterocycles. The molecule has 1 rings (SSSR count). The van der Waals surface area contributed by atoms with Gasteiger partial charge in [-0.05, 0) is 25.3 Å². The average Bonchev–Trinajstić information content (AvgIpc) is 2.63. The highest BCUT2D eigenvalue weighted by atomic mass is 16.5. The largest absolute Gasteiger partial charge is 0.376 e. The van der Waals surface area contributed by atoms with Gasteiger partial charge in [0.15, 0.2) is 0 Å². The predicted octanol–water partition coefficient (Wildman–Crippen LogP) is 7.41. The van der Waals surface area contributed by atoms with Crippen molar-refractivity contribution in [2.75, 3.05) is 7.11 Å². The third-order valence-electron chi connectivity index (χ3n) is 4.38. The lowest BCUT2D eigenvalue weighted by Gasteiger charge is -2.23. The van der Waals surface area contributed by atoms with Crippen LogP contribution in [0.15, 0.2) is 48.6 Å². The second-order valence-corrected chi connectivity index (χ2v) is 6.44. The summed E-state index contributed by atoms with van der Waals surface area (Å²) in [5.74, 6) is 0.266. The molecule has 0 fully saturated rings. The highest BCUT2D eigenvalue weighted by Crippen LogP contribution is 2.24. The van der Waals surface area contributed by atoms with Gasteiger partial charge < -0.3 is 4.74 Å². The first-order valence-corrected chi connectivity index (χ1v) is 9.89. The fourth-order valence-electron chi connectivity index (χ4n) is 2.91. The van der Waals surface area contributed by atoms with Crippen molar-refractivity contribution in [3.8, 4) is 0 Å². The Kier molecular flexibility index (Phi) is 16.0. The zero-order chi connectivity index (χ0) is 18.0. The van der Waals surface area contributed by atoms with E-state index in [4.69, 9.17) is 4.74 Å². The SMILES string of the molecule is C=CC(C1=CCCC=C1)C(C=CC)OC.CCCCCCCCC. The van der Waals surface area contributed by atoms with Gasteiger partial charge in [-0.25, -0.2) is 0 Å². The molecule has 1 aliphatic carbocycles. The van der Waals surface area contributed by atoms with Crippen LogP contribution in [0.3, 0.4) is 0 Å². The Morgan fingerprint density at radius 2 is 1.71 bits per heavy atom. The number of unbranched alkanes of at least 4 members (excludes halogenated alkanes) is 6. The molecule has 1 nitrogen and oxygen atoms in total. The fourth-order valence-corrected chi connectivity index (χ4v) is 2.91. The molecule has 1 heteroatoms. The molecule has 0 aromatic heterocycles. The first-order chi connectivity index (χ1) is 11.7. The Bertz CT molecular complexity index is 369. The lowest BCUT2D eigenvalue weighted by atomic mass is 9.89. The molecule has 0 spiro atoms. The zero-order valence-corrected chi connectivity index (χ0v) is 16.6. The van der Waals surface area contributed by atoms with Crippen molar-refractivity contribution in [3.63, 3.8) is 0 Å². The fraction of sp³-hybridized carbons (Fsp3) is 0.652. The van der Waals surface area contributed by atoms with Gasteiger partial charge in [-0.1, -0.05) is 95.2 Å². The van der Waals surface area contributed by atoms with Crippen LogP contribution < -0.4 is 0 Å². The molecule has 1 aliphatic rings. The maximum atomic E-state index is 5.46. The van der Waals surface area contributed by atoms with Crippen LogP contribution in [0.1, 0.15) is 78.6 Å². The van der Waals surface area contributed by atoms with Crippen molar-refractivity contribution in [3.05, 3.63) is 48.6 Å². The summed E-state index contributed by atoms with van der Waals surface area (Å²) in [6, 6.07) is 0. The number of rotatable bonds is 11. The number of hydrogen-bond donors (Lipinski definition) is 0. The van der Waals surface area contributed by atoms with Crippen molar-refractivity contribution >= 4 is 0 Å². The number of methoxy groups -OCH3 is 1. The van der Waals surface area contributed by atoms with Gasteiger partial charge in [0.05, 0.1) is 6.10 Å². The standard InChI is InChI=1S/C14H20O.C9H20/c1-4-9-14(15-3)13(5-2)12-10-7-6-8-11-12;1-3-5-7-9-8-6-4-2/h4-5,7,9-11,13-14H,2,6,8H2,1,3H3;3-9H2,1-2H3. The summed E-state index contributed by atoms with van der Waals surface area (Å²) in [7, 11) is 1.74. The molecule has 0 aromatic carbocycles. The molecule has 2 unspecified atom stereocenters. The molecule has 0 aromatic rings. The smallest absolute Gasteiger partial charge is 0.0854 e. The molecule has 138 valence electrons. The lowest BCUT2D eigenvalue weighted by Crippen LogP contribution is -2.20. The van der Waals surface area contributed by atoms with Gasteiger partial charge in [0.2, 0.25) is 0 Å². The Balaban J connectivity index is 0.000000506. The van der Waals surface area contributed by atoms with E-state index in [2.05, 4.69) is 44.7 Å². The second kappa shape index (κ2) is 16.8. The maximum absolute atomic E-state index is 5.46. The number of ether oxygens (including phenoxy) is 1. The van der Waals surface area contributed by atoms with Crippen LogP contribution >= 0.6 is 0 Å². The highest BCUT2D eigenvalue weighted by molar-refractivity contribution is 5.30. The van der Waals surface area contributed by atoms with Crippen LogP contribution in [0.4, 0.5) is 0 Å². The molecule has 0 saturated heterocycles. The van der Waals surface area contributed by atoms with E-state index in [9.17, 15) is 0 Å². The minimum atomic E-state index is 0.0986. The summed E-state index contributed by atoms with van der Waals surface area (Å²) in [6.45, 7) is 10.4. The number of hydrogen-bond acceptors (Lipinski definition) is 1. The van der Waals surface area contributed by atoms with Gasteiger partial charge in [0, 0.05) is 13.0 Å². The molecule has 0 radical (unpaired) electrons. The van der Waals surface area contributed by atoms with Gasteiger partial charge in [-0.3, -0.25) is 0 Å². The van der Waals surface area contributed by atoms with Crippen molar-refractivity contribution in [2.24, 2.45) is 5.92 Å². The summed E-state index contributed by atoms with van der Waals surface area (Å²) < 4.78 is 5.46. The monoisotopic (exact) mass is 332 g/mol. The Morgan fingerprint density at radius 1 is 1.08 bits per heavy atom. The van der Waals surface area contributed by atoms with Crippen molar-refractivity contribution in [1.82, 2.24) is 0 Å². The Morgan fingerprint density at radius 3 is 2.12 bits per heavy atom. The molecule has 0 heterocycles. The molecule has 0 amide bonds. The zero-order valence-electron chi connectivity index (χ0n) is 16.6. The van der Waals surface area contributed by atoms with Gasteiger partial charge >= 0.3 is 0 Å². The van der Waals surface area contributed by atoms with Crippen LogP contribution in [0.25, 0.3) is 0 Å². The van der Waals surface area contributed by atoms with Crippen molar-refractivity contribution < 1.29 is 4.74 Å². The third kappa shape index (κ3) is 10.6. The van der Waals surface area contributed by atoms with Gasteiger partial charge in [0.1, 0.15) is 0 Å². The van der Waals surface area contributed by atoms with Crippen LogP contribution in [-0.2, 0) is 4.74 Å². The Hall–Kier alpha value is -1.08. The van der Waals surface area contributed by atoms with E-state index in [1.165, 1.54) is 50.5 Å². The molecule has 0 bridgehead atoms. The van der Waals surface area contributed by atoms with E-state index < -0.39 is 0 Å². The van der Waals surface area contributed by atoms with Gasteiger partial charge in [-0.2, -0.15) is 0 Å². The van der Waals surface area contributed by atoms with E-state index in [1.807, 2.05) is 19.1 Å². The van der Waals surface area contributed by atoms with Crippen LogP contribution in [0.5, 0.6) is 0 Å². The summed E-state index contributed by atoms with van der Waals surface area (Å²) >= 11 is 0. The first kappa shape index (κ1) is 22.9. The van der Waals surface area contributed by atoms with Crippen LogP contribution in [-0.4, -0.2) is 13.2 Å². The van der Waals surface area contributed by atoms with Crippen molar-refractivity contribution in [2.45, 2.75) is 84.7 Å². The minimum absolute atomic E-state index is 0.0986. The third-order valence-corrected chi connectivity index (χ3v) is 4.38. The number of allylic oxidation sites excluding steroid dienone is 4. The molecule has 0 N–H and O–H groups in total. The molecular weight excluding hydrogens is 292 g/mol. The Labute approximate surface area is 151 Å². The molecule has 24 heavy (non-hydrogen) atoms. The van der Waals surface area contributed by atoms with Gasteiger partial charge in [0.25, 0.3) is 0 Å². The summed E-state index contributed by atoms with van der Waals surface area (Å²) in [5.41, 5.74) is 1.32. The van der Waals surface area contributed by atoms with E-state index in [1.54, 1.807) is 7.11 Å². The summed E-state index contributed by atoms with van der Waals surface area (Å²) in [5, 5.41) is 0. The van der Waals surface area contributed by atoms with E-state index in [0.29, 0.717) is 0 Å². The van der Waals surface area contributed by atoms with Gasteiger partial charge in [-0.15, -0.1) is 6.58 Å². The van der Waals surface area contributed by atoms with E-state index in [-0.39, 0.29) is 12.0 Å². The predicted molar refractivity (Wildman–Crippen MR) is 109 cm³/mol. The summed E-state index contributed by atoms with van der Waals surface area (Å²) in [6.07, 6.45) is 25.1. The maximum Gasteiger partial charge on any atom is 0.0854 e. The highest BCUT2D eigenvalue weighted by Gasteiger charge is 2.18. The van der Waals surface area contributed by atoms with Crippen molar-refractivity contribution in [1.29, 1.82) is 0 Å². The molecule has 0 saturated carbocycles. The first-order valence-electron chi connectivity index (χ1n) is 9.89. The van der Waals surface area contributed by atoms with Crippen LogP contribution in [0.2, 0.25) is 0 Å². The minimum Gasteiger partial charge on any atom is -0.376 e. The topological polar surface area (TPSA) is 9.23 Å². The average molecular weight is 333 g/mol. The normalized spacial score (nSPS) is 16.2. The quantitative estimate of drug-likeness (QED) is 0.282.